The maximum Gasteiger partial charge on any atom is 1.00 e. The van der Waals surface area contributed by atoms with Crippen molar-refractivity contribution in [2.45, 2.75) is 99.0 Å². The second kappa shape index (κ2) is 14.0. The van der Waals surface area contributed by atoms with Crippen LogP contribution in [0.15, 0.2) is 0 Å². The van der Waals surface area contributed by atoms with E-state index in [0.717, 1.165) is 0 Å². The summed E-state index contributed by atoms with van der Waals surface area (Å²) >= 11 is 0. The van der Waals surface area contributed by atoms with Crippen molar-refractivity contribution in [3.05, 3.63) is 0 Å². The summed E-state index contributed by atoms with van der Waals surface area (Å²) in [7, 11) is -5.47. The maximum atomic E-state index is 11.1. The first-order valence-corrected chi connectivity index (χ1v) is 12.4. The van der Waals surface area contributed by atoms with E-state index in [9.17, 15) is 58.9 Å². The minimum Gasteiger partial charge on any atom is -0.726 e. The summed E-state index contributed by atoms with van der Waals surface area (Å²) < 4.78 is 64.1. The van der Waals surface area contributed by atoms with Gasteiger partial charge in [0.05, 0.1) is 19.3 Å². The summed E-state index contributed by atoms with van der Waals surface area (Å²) in [4.78, 5) is 0. The molecular weight excluding hydrogens is 559 g/mol. The van der Waals surface area contributed by atoms with Crippen LogP contribution in [0, 0.1) is 0 Å². The molecule has 0 spiro atoms. The second-order valence-corrected chi connectivity index (χ2v) is 9.81. The van der Waals surface area contributed by atoms with Crippen LogP contribution in [0.3, 0.4) is 0 Å². The van der Waals surface area contributed by atoms with Gasteiger partial charge in [-0.25, -0.2) is 8.42 Å². The van der Waals surface area contributed by atoms with Crippen molar-refractivity contribution in [1.82, 2.24) is 0 Å². The first-order chi connectivity index (χ1) is 17.2. The fourth-order valence-corrected chi connectivity index (χ4v) is 4.73. The molecule has 15 atom stereocenters. The van der Waals surface area contributed by atoms with Gasteiger partial charge in [-0.15, -0.1) is 0 Å². The topological polar surface area (TPSA) is 295 Å². The molecule has 0 saturated carbocycles. The third kappa shape index (κ3) is 7.57. The molecule has 0 radical (unpaired) electrons. The molecule has 0 aromatic rings. The number of aliphatic hydroxyl groups excluding tert-OH is 9. The van der Waals surface area contributed by atoms with Crippen molar-refractivity contribution in [1.29, 1.82) is 0 Å². The van der Waals surface area contributed by atoms with Crippen LogP contribution in [0.1, 0.15) is 6.92 Å². The van der Waals surface area contributed by atoms with Crippen LogP contribution in [0.4, 0.5) is 0 Å². The zero-order valence-corrected chi connectivity index (χ0v) is 23.0. The van der Waals surface area contributed by atoms with Crippen LogP contribution in [-0.2, 0) is 38.3 Å². The Balaban J connectivity index is 0.00000507. The average molecular weight is 590 g/mol. The normalized spacial score (nSPS) is 48.3. The Morgan fingerprint density at radius 3 is 1.79 bits per heavy atom. The Morgan fingerprint density at radius 2 is 1.24 bits per heavy atom. The van der Waals surface area contributed by atoms with Crippen LogP contribution in [0.5, 0.6) is 0 Å². The molecule has 9 N–H and O–H groups in total. The first kappa shape index (κ1) is 34.5. The number of hydrogen-bond acceptors (Lipinski definition) is 18. The molecule has 3 heterocycles. The monoisotopic (exact) mass is 590 g/mol. The Hall–Kier alpha value is 0.310. The Morgan fingerprint density at radius 1 is 0.684 bits per heavy atom. The molecular formula is C18H31NaO18S. The van der Waals surface area contributed by atoms with E-state index < -0.39 is 116 Å². The van der Waals surface area contributed by atoms with Crippen LogP contribution in [0.25, 0.3) is 0 Å². The number of ether oxygens (including phenoxy) is 5. The summed E-state index contributed by atoms with van der Waals surface area (Å²) in [5.41, 5.74) is 0. The smallest absolute Gasteiger partial charge is 0.726 e. The molecule has 3 aliphatic heterocycles. The van der Waals surface area contributed by atoms with Crippen LogP contribution in [0.2, 0.25) is 0 Å². The number of rotatable bonds is 8. The molecule has 2 unspecified atom stereocenters. The predicted octanol–water partition coefficient (Wildman–Crippen LogP) is -10.1. The molecule has 0 bridgehead atoms. The van der Waals surface area contributed by atoms with E-state index in [1.165, 1.54) is 6.92 Å². The standard InChI is InChI=1S/C18H32O18S.Na/c1-4-7(21)9(23)10(24)17(31-4)35-15-11(25)16(27)32-6(3-20)13(15)34-18-12(26)14(36-37(28,29)30)8(22)5(2-19)33-18;/h4-27H,2-3H2,1H3,(H,28,29,30);/q;+1/p-1/t4-,5+,6+,7+,8-,9+,10-,11+,12+,13+,14?,15+,16?,17-,18-;/m0./s1. The van der Waals surface area contributed by atoms with Crippen molar-refractivity contribution in [3.8, 4) is 0 Å². The third-order valence-corrected chi connectivity index (χ3v) is 6.71. The molecule has 0 aromatic heterocycles. The van der Waals surface area contributed by atoms with E-state index in [1.807, 2.05) is 0 Å². The Labute approximate surface area is 238 Å². The summed E-state index contributed by atoms with van der Waals surface area (Å²) in [6.45, 7) is -0.519. The summed E-state index contributed by atoms with van der Waals surface area (Å²) in [6.07, 6.45) is -26.9. The number of aliphatic hydroxyl groups is 9. The van der Waals surface area contributed by atoms with Gasteiger partial charge in [0.15, 0.2) is 18.9 Å². The second-order valence-electron chi connectivity index (χ2n) is 8.80. The zero-order valence-electron chi connectivity index (χ0n) is 20.2. The minimum atomic E-state index is -5.47. The molecule has 3 aliphatic rings. The molecule has 3 saturated heterocycles. The first-order valence-electron chi connectivity index (χ1n) is 11.1. The van der Waals surface area contributed by atoms with Crippen molar-refractivity contribution in [3.63, 3.8) is 0 Å². The molecule has 0 amide bonds. The van der Waals surface area contributed by atoms with Gasteiger partial charge in [-0.2, -0.15) is 0 Å². The van der Waals surface area contributed by atoms with Gasteiger partial charge in [-0.05, 0) is 6.92 Å². The van der Waals surface area contributed by atoms with Crippen molar-refractivity contribution < 1.29 is 116 Å². The van der Waals surface area contributed by atoms with E-state index in [1.54, 1.807) is 0 Å². The van der Waals surface area contributed by atoms with Crippen molar-refractivity contribution >= 4 is 10.4 Å². The quantitative estimate of drug-likeness (QED) is 0.0720. The Kier molecular flexibility index (Phi) is 12.7. The van der Waals surface area contributed by atoms with E-state index in [-0.39, 0.29) is 29.6 Å². The molecule has 3 fully saturated rings. The van der Waals surface area contributed by atoms with E-state index in [2.05, 4.69) is 4.18 Å². The van der Waals surface area contributed by atoms with Gasteiger partial charge in [0.25, 0.3) is 0 Å². The van der Waals surface area contributed by atoms with Gasteiger partial charge in [0.1, 0.15) is 67.1 Å². The van der Waals surface area contributed by atoms with Crippen molar-refractivity contribution in [2.75, 3.05) is 13.2 Å². The zero-order chi connectivity index (χ0) is 27.8. The average Bonchev–Trinajstić information content (AvgIpc) is 2.83. The SMILES string of the molecule is C[C@@H]1O[C@@H](O[C@H]2[C@H](O[C@@H]3O[C@H](CO)[C@H](O)C(OS(=O)(=O)[O-])[C@H]3O)[C@@H](CO)OC(O)[C@@H]2O)[C@@H](O)[C@H](O)[C@@H]1O.[Na+]. The molecule has 0 aromatic carbocycles. The van der Waals surface area contributed by atoms with Gasteiger partial charge in [0, 0.05) is 0 Å². The summed E-state index contributed by atoms with van der Waals surface area (Å²) in [6, 6.07) is 0. The van der Waals surface area contributed by atoms with Gasteiger partial charge in [0.2, 0.25) is 10.4 Å². The Bertz CT molecular complexity index is 851. The largest absolute Gasteiger partial charge is 1.00 e. The van der Waals surface area contributed by atoms with Crippen LogP contribution < -0.4 is 29.6 Å². The van der Waals surface area contributed by atoms with Gasteiger partial charge < -0.3 is 74.2 Å². The summed E-state index contributed by atoms with van der Waals surface area (Å²) in [5, 5.41) is 90.7. The van der Waals surface area contributed by atoms with Gasteiger partial charge in [-0.3, -0.25) is 4.18 Å². The third-order valence-electron chi connectivity index (χ3n) is 6.25. The number of hydrogen-bond donors (Lipinski definition) is 9. The van der Waals surface area contributed by atoms with E-state index in [4.69, 9.17) is 23.7 Å². The van der Waals surface area contributed by atoms with E-state index in [0.29, 0.717) is 0 Å². The van der Waals surface area contributed by atoms with E-state index >= 15 is 0 Å². The van der Waals surface area contributed by atoms with Gasteiger partial charge in [-0.1, -0.05) is 0 Å². The molecule has 38 heavy (non-hydrogen) atoms. The van der Waals surface area contributed by atoms with Gasteiger partial charge >= 0.3 is 29.6 Å². The molecule has 0 aliphatic carbocycles. The molecule has 3 rings (SSSR count). The summed E-state index contributed by atoms with van der Waals surface area (Å²) in [5.74, 6) is 0. The van der Waals surface area contributed by atoms with Crippen molar-refractivity contribution in [2.24, 2.45) is 0 Å². The fourth-order valence-electron chi connectivity index (χ4n) is 4.23. The molecule has 20 heteroatoms. The maximum absolute atomic E-state index is 11.1. The molecule has 218 valence electrons. The minimum absolute atomic E-state index is 0. The molecule has 18 nitrogen and oxygen atoms in total. The fraction of sp³-hybridized carbons (Fsp3) is 1.00. The van der Waals surface area contributed by atoms with Crippen LogP contribution >= 0.6 is 0 Å². The van der Waals surface area contributed by atoms with Crippen LogP contribution in [-0.4, -0.2) is 164 Å². The predicted molar refractivity (Wildman–Crippen MR) is 108 cm³/mol.